The summed E-state index contributed by atoms with van der Waals surface area (Å²) in [5.41, 5.74) is 3.84. The van der Waals surface area contributed by atoms with Crippen molar-refractivity contribution in [3.8, 4) is 0 Å². The van der Waals surface area contributed by atoms with E-state index in [-0.39, 0.29) is 41.5 Å². The number of benzene rings is 3. The van der Waals surface area contributed by atoms with Crippen LogP contribution in [0.1, 0.15) is 68.1 Å². The highest BCUT2D eigenvalue weighted by Gasteiger charge is 2.31. The van der Waals surface area contributed by atoms with Gasteiger partial charge in [-0.15, -0.1) is 0 Å². The molecule has 1 fully saturated rings. The molecular weight excluding hydrogens is 589 g/mol. The summed E-state index contributed by atoms with van der Waals surface area (Å²) in [6.45, 7) is 0.651. The Bertz CT molecular complexity index is 1570. The highest BCUT2D eigenvalue weighted by Crippen LogP contribution is 2.23. The first-order valence-electron chi connectivity index (χ1n) is 15.9. The van der Waals surface area contributed by atoms with E-state index in [0.717, 1.165) is 48.8 Å². The molecule has 1 atom stereocenters. The van der Waals surface area contributed by atoms with Gasteiger partial charge in [0.15, 0.2) is 0 Å². The van der Waals surface area contributed by atoms with Crippen molar-refractivity contribution in [3.63, 3.8) is 0 Å². The zero-order chi connectivity index (χ0) is 31.6. The number of carbonyl (C=O) groups excluding carboxylic acids is 2. The minimum absolute atomic E-state index is 0.0183. The van der Waals surface area contributed by atoms with Crippen LogP contribution in [0.25, 0.3) is 0 Å². The average Bonchev–Trinajstić information content (AvgIpc) is 3.87. The monoisotopic (exact) mass is 631 g/mol. The van der Waals surface area contributed by atoms with Gasteiger partial charge in [-0.25, -0.2) is 17.5 Å². The third-order valence-electron chi connectivity index (χ3n) is 8.43. The molecule has 45 heavy (non-hydrogen) atoms. The van der Waals surface area contributed by atoms with Crippen LogP contribution >= 0.6 is 0 Å². The lowest BCUT2D eigenvalue weighted by atomic mass is 9.97. The summed E-state index contributed by atoms with van der Waals surface area (Å²) in [5.74, 6) is -0.800. The molecule has 0 bridgehead atoms. The van der Waals surface area contributed by atoms with E-state index in [1.807, 2.05) is 30.3 Å². The van der Waals surface area contributed by atoms with Gasteiger partial charge < -0.3 is 10.2 Å². The number of allylic oxidation sites excluding steroid dienone is 1. The van der Waals surface area contributed by atoms with Crippen LogP contribution in [0.15, 0.2) is 95.4 Å². The van der Waals surface area contributed by atoms with Crippen molar-refractivity contribution in [2.24, 2.45) is 0 Å². The third-order valence-corrected chi connectivity index (χ3v) is 9.96. The summed E-state index contributed by atoms with van der Waals surface area (Å²) in [4.78, 5) is 29.6. The van der Waals surface area contributed by atoms with Crippen LogP contribution in [0.3, 0.4) is 0 Å². The van der Waals surface area contributed by atoms with Gasteiger partial charge in [-0.1, -0.05) is 66.2 Å². The molecule has 3 aromatic carbocycles. The van der Waals surface area contributed by atoms with Gasteiger partial charge in [0, 0.05) is 32.0 Å². The minimum Gasteiger partial charge on any atom is -0.354 e. The minimum atomic E-state index is -3.56. The Morgan fingerprint density at radius 2 is 1.58 bits per heavy atom. The second-order valence-corrected chi connectivity index (χ2v) is 13.8. The molecular formula is C36H42FN3O4S. The fraction of sp³-hybridized carbons (Fsp3) is 0.389. The molecule has 1 unspecified atom stereocenters. The van der Waals surface area contributed by atoms with Crippen LogP contribution in [0.5, 0.6) is 0 Å². The molecule has 7 nitrogen and oxygen atoms in total. The number of hydrogen-bond donors (Lipinski definition) is 2. The van der Waals surface area contributed by atoms with Crippen LogP contribution in [0.4, 0.5) is 4.39 Å². The molecule has 9 heteroatoms. The Hall–Kier alpha value is -3.82. The SMILES string of the molecule is O=C(NCCC1=CCCCC1)C(Cc1ccccc1)N(Cc1ccc(F)cc1)C(=O)CCc1ccc(S(=O)(=O)NC2CC2)cc1. The standard InChI is InChI=1S/C36H42FN3O4S/c37-31-16-11-30(12-17-31)26-40(35(41)22-15-28-13-20-33(21-14-28)45(43,44)39-32-18-19-32)34(25-29-9-5-2-6-10-29)36(42)38-24-23-27-7-3-1-4-8-27/h2,5-7,9-14,16-17,20-21,32,34,39H,1,3-4,8,15,18-19,22-26H2,(H,38,42). The van der Waals surface area contributed by atoms with Gasteiger partial charge in [-0.05, 0) is 92.3 Å². The molecule has 1 saturated carbocycles. The van der Waals surface area contributed by atoms with E-state index in [0.29, 0.717) is 19.4 Å². The van der Waals surface area contributed by atoms with Crippen molar-refractivity contribution in [1.29, 1.82) is 0 Å². The maximum Gasteiger partial charge on any atom is 0.243 e. The van der Waals surface area contributed by atoms with E-state index in [9.17, 15) is 22.4 Å². The van der Waals surface area contributed by atoms with Crippen LogP contribution in [-0.4, -0.2) is 43.8 Å². The zero-order valence-electron chi connectivity index (χ0n) is 25.6. The van der Waals surface area contributed by atoms with Crippen molar-refractivity contribution in [3.05, 3.63) is 113 Å². The van der Waals surface area contributed by atoms with E-state index in [4.69, 9.17) is 0 Å². The van der Waals surface area contributed by atoms with E-state index in [1.165, 1.54) is 30.5 Å². The van der Waals surface area contributed by atoms with Crippen molar-refractivity contribution in [2.45, 2.75) is 87.7 Å². The molecule has 0 aromatic heterocycles. The maximum atomic E-state index is 14.0. The molecule has 2 aliphatic rings. The average molecular weight is 632 g/mol. The number of hydrogen-bond acceptors (Lipinski definition) is 4. The number of sulfonamides is 1. The Morgan fingerprint density at radius 1 is 0.867 bits per heavy atom. The smallest absolute Gasteiger partial charge is 0.243 e. The van der Waals surface area contributed by atoms with E-state index in [2.05, 4.69) is 16.1 Å². The predicted octanol–water partition coefficient (Wildman–Crippen LogP) is 5.85. The summed E-state index contributed by atoms with van der Waals surface area (Å²) in [5, 5.41) is 3.10. The van der Waals surface area contributed by atoms with Gasteiger partial charge in [-0.2, -0.15) is 0 Å². The lowest BCUT2D eigenvalue weighted by Crippen LogP contribution is -2.50. The molecule has 0 spiro atoms. The zero-order valence-corrected chi connectivity index (χ0v) is 26.4. The van der Waals surface area contributed by atoms with Gasteiger partial charge >= 0.3 is 0 Å². The molecule has 2 amide bonds. The number of rotatable bonds is 15. The quantitative estimate of drug-likeness (QED) is 0.206. The number of carbonyl (C=O) groups is 2. The first-order chi connectivity index (χ1) is 21.8. The van der Waals surface area contributed by atoms with E-state index < -0.39 is 16.1 Å². The Morgan fingerprint density at radius 3 is 2.24 bits per heavy atom. The fourth-order valence-electron chi connectivity index (χ4n) is 5.66. The van der Waals surface area contributed by atoms with Crippen molar-refractivity contribution < 1.29 is 22.4 Å². The predicted molar refractivity (Wildman–Crippen MR) is 173 cm³/mol. The maximum absolute atomic E-state index is 14.0. The van der Waals surface area contributed by atoms with Crippen molar-refractivity contribution >= 4 is 21.8 Å². The molecule has 0 aliphatic heterocycles. The number of nitrogens with zero attached hydrogens (tertiary/aromatic N) is 1. The Labute approximate surface area is 266 Å². The van der Waals surface area contributed by atoms with Gasteiger partial charge in [-0.3, -0.25) is 9.59 Å². The first kappa shape index (κ1) is 32.6. The molecule has 0 radical (unpaired) electrons. The van der Waals surface area contributed by atoms with Crippen LogP contribution in [-0.2, 0) is 39.0 Å². The van der Waals surface area contributed by atoms with Gasteiger partial charge in [0.2, 0.25) is 21.8 Å². The van der Waals surface area contributed by atoms with Crippen LogP contribution < -0.4 is 10.0 Å². The van der Waals surface area contributed by atoms with Crippen molar-refractivity contribution in [2.75, 3.05) is 6.54 Å². The normalized spacial score (nSPS) is 15.6. The van der Waals surface area contributed by atoms with Gasteiger partial charge in [0.25, 0.3) is 0 Å². The molecule has 238 valence electrons. The van der Waals surface area contributed by atoms with Gasteiger partial charge in [0.05, 0.1) is 4.90 Å². The largest absolute Gasteiger partial charge is 0.354 e. The summed E-state index contributed by atoms with van der Waals surface area (Å²) in [6, 6.07) is 21.4. The topological polar surface area (TPSA) is 95.6 Å². The van der Waals surface area contributed by atoms with Crippen LogP contribution in [0.2, 0.25) is 0 Å². The highest BCUT2D eigenvalue weighted by molar-refractivity contribution is 7.89. The second-order valence-electron chi connectivity index (χ2n) is 12.0. The molecule has 0 saturated heterocycles. The summed E-state index contributed by atoms with van der Waals surface area (Å²) < 4.78 is 41.5. The fourth-order valence-corrected chi connectivity index (χ4v) is 6.96. The number of amides is 2. The first-order valence-corrected chi connectivity index (χ1v) is 17.4. The van der Waals surface area contributed by atoms with E-state index in [1.54, 1.807) is 41.3 Å². The summed E-state index contributed by atoms with van der Waals surface area (Å²) in [6.07, 6.45) is 10.1. The molecule has 2 aliphatic carbocycles. The Balaban J connectivity index is 1.32. The molecule has 2 N–H and O–H groups in total. The lowest BCUT2D eigenvalue weighted by Gasteiger charge is -2.32. The van der Waals surface area contributed by atoms with Gasteiger partial charge in [0.1, 0.15) is 11.9 Å². The molecule has 0 heterocycles. The van der Waals surface area contributed by atoms with Crippen LogP contribution in [0, 0.1) is 5.82 Å². The van der Waals surface area contributed by atoms with E-state index >= 15 is 0 Å². The van der Waals surface area contributed by atoms with Crippen molar-refractivity contribution in [1.82, 2.24) is 14.9 Å². The number of halogens is 1. The third kappa shape index (κ3) is 9.83. The number of aryl methyl sites for hydroxylation is 1. The summed E-state index contributed by atoms with van der Waals surface area (Å²) in [7, 11) is -3.56. The number of nitrogens with one attached hydrogen (secondary N) is 2. The molecule has 5 rings (SSSR count). The second kappa shape index (κ2) is 15.5. The Kier molecular flexibility index (Phi) is 11.2. The summed E-state index contributed by atoms with van der Waals surface area (Å²) >= 11 is 0. The highest BCUT2D eigenvalue weighted by atomic mass is 32.2. The lowest BCUT2D eigenvalue weighted by molar-refractivity contribution is -0.141. The molecule has 3 aromatic rings.